The molecular weight excluding hydrogens is 228 g/mol. The molecule has 1 aromatic rings. The Morgan fingerprint density at radius 3 is 2.72 bits per heavy atom. The molecule has 0 bridgehead atoms. The van der Waals surface area contributed by atoms with E-state index >= 15 is 0 Å². The van der Waals surface area contributed by atoms with Gasteiger partial charge < -0.3 is 14.8 Å². The molecule has 1 aliphatic rings. The number of nitriles is 1. The summed E-state index contributed by atoms with van der Waals surface area (Å²) in [6.07, 6.45) is 0. The Bertz CT molecular complexity index is 463. The molecule has 0 aliphatic carbocycles. The summed E-state index contributed by atoms with van der Waals surface area (Å²) >= 11 is 0. The van der Waals surface area contributed by atoms with E-state index in [9.17, 15) is 0 Å². The van der Waals surface area contributed by atoms with Crippen LogP contribution in [-0.2, 0) is 5.41 Å². The summed E-state index contributed by atoms with van der Waals surface area (Å²) < 4.78 is 11.1. The van der Waals surface area contributed by atoms with Gasteiger partial charge >= 0.3 is 0 Å². The van der Waals surface area contributed by atoms with Crippen molar-refractivity contribution in [1.29, 1.82) is 5.26 Å². The predicted molar refractivity (Wildman–Crippen MR) is 68.9 cm³/mol. The Kier molecular flexibility index (Phi) is 3.73. The Hall–Kier alpha value is -1.73. The number of benzene rings is 1. The summed E-state index contributed by atoms with van der Waals surface area (Å²) in [5, 5.41) is 11.7. The van der Waals surface area contributed by atoms with Crippen LogP contribution in [0.4, 0.5) is 0 Å². The average molecular weight is 246 g/mol. The third kappa shape index (κ3) is 2.74. The van der Waals surface area contributed by atoms with E-state index in [1.165, 1.54) is 5.56 Å². The number of fused-ring (bicyclic) bond motifs is 1. The van der Waals surface area contributed by atoms with Gasteiger partial charge in [0, 0.05) is 12.0 Å². The van der Waals surface area contributed by atoms with E-state index in [0.29, 0.717) is 19.8 Å². The first kappa shape index (κ1) is 12.7. The maximum atomic E-state index is 8.54. The van der Waals surface area contributed by atoms with Crippen LogP contribution in [0.25, 0.3) is 0 Å². The maximum absolute atomic E-state index is 8.54. The van der Waals surface area contributed by atoms with Crippen LogP contribution in [0, 0.1) is 11.3 Å². The van der Waals surface area contributed by atoms with Crippen LogP contribution in [-0.4, -0.2) is 26.3 Å². The SMILES string of the molecule is CC(C)(CNCC#N)c1ccc2c(c1)OCCO2. The smallest absolute Gasteiger partial charge is 0.161 e. The second-order valence-electron chi connectivity index (χ2n) is 5.00. The Morgan fingerprint density at radius 2 is 2.00 bits per heavy atom. The fourth-order valence-corrected chi connectivity index (χ4v) is 2.00. The Morgan fingerprint density at radius 1 is 1.28 bits per heavy atom. The van der Waals surface area contributed by atoms with Gasteiger partial charge in [0.1, 0.15) is 13.2 Å². The standard InChI is InChI=1S/C14H18N2O2/c1-14(2,10-16-6-5-15)11-3-4-12-13(9-11)18-8-7-17-12/h3-4,9,16H,6-8,10H2,1-2H3. The van der Waals surface area contributed by atoms with Gasteiger partial charge in [-0.1, -0.05) is 19.9 Å². The summed E-state index contributed by atoms with van der Waals surface area (Å²) in [5.41, 5.74) is 1.13. The van der Waals surface area contributed by atoms with Crippen LogP contribution >= 0.6 is 0 Å². The Labute approximate surface area is 108 Å². The highest BCUT2D eigenvalue weighted by Crippen LogP contribution is 2.34. The van der Waals surface area contributed by atoms with Gasteiger partial charge in [-0.2, -0.15) is 5.26 Å². The van der Waals surface area contributed by atoms with Crippen LogP contribution in [0.5, 0.6) is 11.5 Å². The van der Waals surface area contributed by atoms with Crippen molar-refractivity contribution in [3.8, 4) is 17.6 Å². The second-order valence-corrected chi connectivity index (χ2v) is 5.00. The normalized spacial score (nSPS) is 14.1. The predicted octanol–water partition coefficient (Wildman–Crippen LogP) is 1.85. The summed E-state index contributed by atoms with van der Waals surface area (Å²) in [5.74, 6) is 1.62. The molecule has 0 aromatic heterocycles. The molecule has 18 heavy (non-hydrogen) atoms. The van der Waals surface area contributed by atoms with E-state index in [-0.39, 0.29) is 5.41 Å². The zero-order chi connectivity index (χ0) is 13.0. The largest absolute Gasteiger partial charge is 0.486 e. The molecule has 4 heteroatoms. The van der Waals surface area contributed by atoms with Gasteiger partial charge in [0.05, 0.1) is 12.6 Å². The highest BCUT2D eigenvalue weighted by molar-refractivity contribution is 5.45. The monoisotopic (exact) mass is 246 g/mol. The molecule has 0 saturated carbocycles. The first-order chi connectivity index (χ1) is 8.63. The van der Waals surface area contributed by atoms with Crippen LogP contribution in [0.15, 0.2) is 18.2 Å². The molecule has 4 nitrogen and oxygen atoms in total. The molecule has 1 N–H and O–H groups in total. The lowest BCUT2D eigenvalue weighted by atomic mass is 9.84. The number of hydrogen-bond acceptors (Lipinski definition) is 4. The van der Waals surface area contributed by atoms with Crippen LogP contribution in [0.2, 0.25) is 0 Å². The zero-order valence-corrected chi connectivity index (χ0v) is 10.8. The first-order valence-corrected chi connectivity index (χ1v) is 6.11. The van der Waals surface area contributed by atoms with Gasteiger partial charge in [-0.15, -0.1) is 0 Å². The number of nitrogens with zero attached hydrogens (tertiary/aromatic N) is 1. The van der Waals surface area contributed by atoms with Crippen molar-refractivity contribution in [1.82, 2.24) is 5.32 Å². The molecule has 1 aromatic carbocycles. The van der Waals surface area contributed by atoms with Crippen molar-refractivity contribution in [2.45, 2.75) is 19.3 Å². The van der Waals surface area contributed by atoms with Gasteiger partial charge in [-0.3, -0.25) is 0 Å². The minimum atomic E-state index is -0.0489. The lowest BCUT2D eigenvalue weighted by molar-refractivity contribution is 0.171. The summed E-state index contributed by atoms with van der Waals surface area (Å²) in [6, 6.07) is 8.13. The minimum Gasteiger partial charge on any atom is -0.486 e. The van der Waals surface area contributed by atoms with Crippen LogP contribution in [0.3, 0.4) is 0 Å². The number of rotatable bonds is 4. The molecule has 0 unspecified atom stereocenters. The summed E-state index contributed by atoms with van der Waals surface area (Å²) in [6.45, 7) is 6.61. The van der Waals surface area contributed by atoms with Crippen molar-refractivity contribution in [2.75, 3.05) is 26.3 Å². The van der Waals surface area contributed by atoms with E-state index in [0.717, 1.165) is 18.0 Å². The highest BCUT2D eigenvalue weighted by atomic mass is 16.6. The molecule has 0 spiro atoms. The second kappa shape index (κ2) is 5.28. The minimum absolute atomic E-state index is 0.0489. The Balaban J connectivity index is 2.14. The molecule has 1 aliphatic heterocycles. The maximum Gasteiger partial charge on any atom is 0.161 e. The number of ether oxygens (including phenoxy) is 2. The zero-order valence-electron chi connectivity index (χ0n) is 10.8. The van der Waals surface area contributed by atoms with Gasteiger partial charge in [0.15, 0.2) is 11.5 Å². The molecular formula is C14H18N2O2. The quantitative estimate of drug-likeness (QED) is 0.650. The van der Waals surface area contributed by atoms with E-state index in [4.69, 9.17) is 14.7 Å². The van der Waals surface area contributed by atoms with Crippen molar-refractivity contribution in [2.24, 2.45) is 0 Å². The first-order valence-electron chi connectivity index (χ1n) is 6.11. The van der Waals surface area contributed by atoms with Crippen LogP contribution < -0.4 is 14.8 Å². The third-order valence-corrected chi connectivity index (χ3v) is 3.09. The number of nitrogens with one attached hydrogen (secondary N) is 1. The lowest BCUT2D eigenvalue weighted by Crippen LogP contribution is -2.33. The highest BCUT2D eigenvalue weighted by Gasteiger charge is 2.22. The van der Waals surface area contributed by atoms with E-state index in [1.54, 1.807) is 0 Å². The van der Waals surface area contributed by atoms with Gasteiger partial charge in [0.25, 0.3) is 0 Å². The van der Waals surface area contributed by atoms with E-state index in [2.05, 4.69) is 31.3 Å². The fraction of sp³-hybridized carbons (Fsp3) is 0.500. The van der Waals surface area contributed by atoms with Crippen molar-refractivity contribution in [3.63, 3.8) is 0 Å². The fourth-order valence-electron chi connectivity index (χ4n) is 2.00. The van der Waals surface area contributed by atoms with Crippen molar-refractivity contribution >= 4 is 0 Å². The molecule has 96 valence electrons. The van der Waals surface area contributed by atoms with Crippen LogP contribution in [0.1, 0.15) is 19.4 Å². The number of hydrogen-bond donors (Lipinski definition) is 1. The van der Waals surface area contributed by atoms with Gasteiger partial charge in [-0.05, 0) is 17.7 Å². The molecule has 0 atom stereocenters. The van der Waals surface area contributed by atoms with E-state index in [1.807, 2.05) is 12.1 Å². The van der Waals surface area contributed by atoms with E-state index < -0.39 is 0 Å². The molecule has 2 rings (SSSR count). The topological polar surface area (TPSA) is 54.3 Å². The molecule has 0 amide bonds. The lowest BCUT2D eigenvalue weighted by Gasteiger charge is -2.27. The molecule has 0 saturated heterocycles. The summed E-state index contributed by atoms with van der Waals surface area (Å²) in [7, 11) is 0. The molecule has 0 fully saturated rings. The van der Waals surface area contributed by atoms with Gasteiger partial charge in [-0.25, -0.2) is 0 Å². The van der Waals surface area contributed by atoms with Gasteiger partial charge in [0.2, 0.25) is 0 Å². The summed E-state index contributed by atoms with van der Waals surface area (Å²) in [4.78, 5) is 0. The molecule has 0 radical (unpaired) electrons. The van der Waals surface area contributed by atoms with Crippen molar-refractivity contribution in [3.05, 3.63) is 23.8 Å². The molecule has 1 heterocycles. The third-order valence-electron chi connectivity index (χ3n) is 3.09. The average Bonchev–Trinajstić information content (AvgIpc) is 2.38. The van der Waals surface area contributed by atoms with Crippen molar-refractivity contribution < 1.29 is 9.47 Å².